The van der Waals surface area contributed by atoms with E-state index in [0.717, 1.165) is 17.7 Å². The molecule has 0 aliphatic heterocycles. The zero-order valence-corrected chi connectivity index (χ0v) is 14.8. The van der Waals surface area contributed by atoms with Gasteiger partial charge in [0.05, 0.1) is 6.61 Å². The number of aromatic nitrogens is 4. The molecule has 0 bridgehead atoms. The van der Waals surface area contributed by atoms with Gasteiger partial charge in [-0.2, -0.15) is 5.10 Å². The van der Waals surface area contributed by atoms with Crippen molar-refractivity contribution in [1.82, 2.24) is 25.1 Å². The van der Waals surface area contributed by atoms with Gasteiger partial charge in [0.15, 0.2) is 5.82 Å². The largest absolute Gasteiger partial charge is 0.477 e. The van der Waals surface area contributed by atoms with Crippen LogP contribution in [0.15, 0.2) is 48.9 Å². The van der Waals surface area contributed by atoms with Crippen LogP contribution in [0.1, 0.15) is 35.0 Å². The summed E-state index contributed by atoms with van der Waals surface area (Å²) in [6, 6.07) is 9.11. The van der Waals surface area contributed by atoms with Crippen LogP contribution < -0.4 is 10.1 Å². The second-order valence-electron chi connectivity index (χ2n) is 5.81. The van der Waals surface area contributed by atoms with E-state index >= 15 is 0 Å². The number of rotatable bonds is 7. The summed E-state index contributed by atoms with van der Waals surface area (Å²) in [6.45, 7) is 4.77. The number of nitrogens with zero attached hydrogens (tertiary/aromatic N) is 4. The van der Waals surface area contributed by atoms with Crippen LogP contribution in [0.3, 0.4) is 0 Å². The fraction of sp³-hybridized carbons (Fsp3) is 0.263. The smallest absolute Gasteiger partial charge is 0.257 e. The maximum Gasteiger partial charge on any atom is 0.257 e. The van der Waals surface area contributed by atoms with Crippen molar-refractivity contribution in [3.63, 3.8) is 0 Å². The SMILES string of the molecule is CCCOc1nc(C)ccc1C(=O)NCc1ccnc(-n2cccn2)c1. The minimum Gasteiger partial charge on any atom is -0.477 e. The monoisotopic (exact) mass is 351 g/mol. The summed E-state index contributed by atoms with van der Waals surface area (Å²) in [5.74, 6) is 0.850. The number of aryl methyl sites for hydroxylation is 1. The molecule has 0 atom stereocenters. The van der Waals surface area contributed by atoms with Gasteiger partial charge in [-0.15, -0.1) is 0 Å². The highest BCUT2D eigenvalue weighted by atomic mass is 16.5. The lowest BCUT2D eigenvalue weighted by Gasteiger charge is -2.11. The van der Waals surface area contributed by atoms with Gasteiger partial charge < -0.3 is 10.1 Å². The number of hydrogen-bond acceptors (Lipinski definition) is 5. The Kier molecular flexibility index (Phi) is 5.58. The molecule has 0 saturated heterocycles. The van der Waals surface area contributed by atoms with Crippen molar-refractivity contribution in [3.8, 4) is 11.7 Å². The molecule has 0 aliphatic rings. The Morgan fingerprint density at radius 2 is 2.15 bits per heavy atom. The second-order valence-corrected chi connectivity index (χ2v) is 5.81. The zero-order valence-electron chi connectivity index (χ0n) is 14.8. The molecule has 0 aromatic carbocycles. The third-order valence-corrected chi connectivity index (χ3v) is 3.69. The summed E-state index contributed by atoms with van der Waals surface area (Å²) in [6.07, 6.45) is 6.06. The first-order chi connectivity index (χ1) is 12.7. The standard InChI is InChI=1S/C19H21N5O2/c1-3-11-26-19-16(6-5-14(2)23-19)18(25)21-13-15-7-9-20-17(12-15)24-10-4-8-22-24/h4-10,12H,3,11,13H2,1-2H3,(H,21,25). The molecule has 26 heavy (non-hydrogen) atoms. The first-order valence-electron chi connectivity index (χ1n) is 8.51. The lowest BCUT2D eigenvalue weighted by atomic mass is 10.2. The highest BCUT2D eigenvalue weighted by Crippen LogP contribution is 2.17. The van der Waals surface area contributed by atoms with E-state index < -0.39 is 0 Å². The van der Waals surface area contributed by atoms with Gasteiger partial charge in [0.1, 0.15) is 5.56 Å². The van der Waals surface area contributed by atoms with Gasteiger partial charge in [-0.25, -0.2) is 14.6 Å². The minimum atomic E-state index is -0.221. The Bertz CT molecular complexity index is 877. The molecule has 3 aromatic rings. The predicted molar refractivity (Wildman–Crippen MR) is 97.3 cm³/mol. The maximum absolute atomic E-state index is 12.6. The number of carbonyl (C=O) groups is 1. The summed E-state index contributed by atoms with van der Waals surface area (Å²) in [7, 11) is 0. The zero-order chi connectivity index (χ0) is 18.4. The Labute approximate surface area is 152 Å². The van der Waals surface area contributed by atoms with Crippen molar-refractivity contribution in [3.05, 3.63) is 65.7 Å². The van der Waals surface area contributed by atoms with Gasteiger partial charge in [0.25, 0.3) is 5.91 Å². The first kappa shape index (κ1) is 17.6. The van der Waals surface area contributed by atoms with E-state index in [9.17, 15) is 4.79 Å². The average molecular weight is 351 g/mol. The number of pyridine rings is 2. The van der Waals surface area contributed by atoms with Crippen LogP contribution in [-0.4, -0.2) is 32.3 Å². The van der Waals surface area contributed by atoms with Crippen molar-refractivity contribution in [2.45, 2.75) is 26.8 Å². The van der Waals surface area contributed by atoms with Gasteiger partial charge in [0.2, 0.25) is 5.88 Å². The van der Waals surface area contributed by atoms with E-state index in [0.29, 0.717) is 30.4 Å². The number of ether oxygens (including phenoxy) is 1. The number of nitrogens with one attached hydrogen (secondary N) is 1. The molecule has 3 rings (SSSR count). The first-order valence-corrected chi connectivity index (χ1v) is 8.51. The van der Waals surface area contributed by atoms with Crippen LogP contribution >= 0.6 is 0 Å². The van der Waals surface area contributed by atoms with Gasteiger partial charge in [-0.05, 0) is 49.2 Å². The van der Waals surface area contributed by atoms with Gasteiger partial charge in [0, 0.05) is 30.8 Å². The maximum atomic E-state index is 12.6. The predicted octanol–water partition coefficient (Wildman–Crippen LogP) is 2.69. The topological polar surface area (TPSA) is 81.9 Å². The molecule has 134 valence electrons. The quantitative estimate of drug-likeness (QED) is 0.708. The second kappa shape index (κ2) is 8.24. The lowest BCUT2D eigenvalue weighted by Crippen LogP contribution is -2.24. The fourth-order valence-corrected chi connectivity index (χ4v) is 2.39. The molecular formula is C19H21N5O2. The van der Waals surface area contributed by atoms with Crippen LogP contribution in [0, 0.1) is 6.92 Å². The Balaban J connectivity index is 1.70. The molecule has 1 amide bonds. The molecule has 0 radical (unpaired) electrons. The number of amides is 1. The van der Waals surface area contributed by atoms with E-state index in [1.54, 1.807) is 29.2 Å². The number of hydrogen-bond donors (Lipinski definition) is 1. The highest BCUT2D eigenvalue weighted by Gasteiger charge is 2.14. The summed E-state index contributed by atoms with van der Waals surface area (Å²) in [5.41, 5.74) is 2.17. The van der Waals surface area contributed by atoms with Crippen molar-refractivity contribution in [1.29, 1.82) is 0 Å². The molecule has 0 saturated carbocycles. The van der Waals surface area contributed by atoms with Crippen LogP contribution in [0.25, 0.3) is 5.82 Å². The molecular weight excluding hydrogens is 330 g/mol. The van der Waals surface area contributed by atoms with Crippen LogP contribution in [0.5, 0.6) is 5.88 Å². The van der Waals surface area contributed by atoms with E-state index in [1.807, 2.05) is 38.2 Å². The normalized spacial score (nSPS) is 10.5. The molecule has 0 spiro atoms. The summed E-state index contributed by atoms with van der Waals surface area (Å²) < 4.78 is 7.29. The molecule has 3 heterocycles. The summed E-state index contributed by atoms with van der Waals surface area (Å²) in [4.78, 5) is 21.2. The van der Waals surface area contributed by atoms with Crippen molar-refractivity contribution < 1.29 is 9.53 Å². The highest BCUT2D eigenvalue weighted by molar-refractivity contribution is 5.96. The number of carbonyl (C=O) groups excluding carboxylic acids is 1. The molecule has 1 N–H and O–H groups in total. The Hall–Kier alpha value is -3.22. The van der Waals surface area contributed by atoms with E-state index in [-0.39, 0.29) is 5.91 Å². The summed E-state index contributed by atoms with van der Waals surface area (Å²) in [5, 5.41) is 7.07. The van der Waals surface area contributed by atoms with Crippen LogP contribution in [-0.2, 0) is 6.54 Å². The van der Waals surface area contributed by atoms with Crippen molar-refractivity contribution in [2.24, 2.45) is 0 Å². The minimum absolute atomic E-state index is 0.221. The molecule has 7 nitrogen and oxygen atoms in total. The van der Waals surface area contributed by atoms with E-state index in [1.165, 1.54) is 0 Å². The van der Waals surface area contributed by atoms with Crippen LogP contribution in [0.4, 0.5) is 0 Å². The lowest BCUT2D eigenvalue weighted by molar-refractivity contribution is 0.0946. The molecule has 0 fully saturated rings. The molecule has 3 aromatic heterocycles. The average Bonchev–Trinajstić information content (AvgIpc) is 3.19. The van der Waals surface area contributed by atoms with Gasteiger partial charge in [-0.3, -0.25) is 4.79 Å². The van der Waals surface area contributed by atoms with E-state index in [2.05, 4.69) is 20.4 Å². The fourth-order valence-electron chi connectivity index (χ4n) is 2.39. The third-order valence-electron chi connectivity index (χ3n) is 3.69. The summed E-state index contributed by atoms with van der Waals surface area (Å²) >= 11 is 0. The molecule has 0 unspecified atom stereocenters. The van der Waals surface area contributed by atoms with Crippen molar-refractivity contribution in [2.75, 3.05) is 6.61 Å². The van der Waals surface area contributed by atoms with Gasteiger partial charge >= 0.3 is 0 Å². The Morgan fingerprint density at radius 3 is 2.92 bits per heavy atom. The van der Waals surface area contributed by atoms with Crippen LogP contribution in [0.2, 0.25) is 0 Å². The third kappa shape index (κ3) is 4.24. The van der Waals surface area contributed by atoms with Gasteiger partial charge in [-0.1, -0.05) is 6.92 Å². The molecule has 0 aliphatic carbocycles. The van der Waals surface area contributed by atoms with Crippen molar-refractivity contribution >= 4 is 5.91 Å². The Morgan fingerprint density at radius 1 is 1.27 bits per heavy atom. The van der Waals surface area contributed by atoms with E-state index in [4.69, 9.17) is 4.74 Å². The molecule has 7 heteroatoms.